The zero-order chi connectivity index (χ0) is 52.9. The number of hydrogen-bond donors (Lipinski definition) is 0. The van der Waals surface area contributed by atoms with E-state index in [0.29, 0.717) is 0 Å². The molecule has 16 aromatic carbocycles. The Balaban J connectivity index is 0.981. The predicted octanol–water partition coefficient (Wildman–Crippen LogP) is 18.9. The highest BCUT2D eigenvalue weighted by Gasteiger charge is 2.54. The van der Waals surface area contributed by atoms with E-state index in [1.807, 2.05) is 0 Å². The fraction of sp³-hybridized carbons (Fsp3) is 0. The van der Waals surface area contributed by atoms with Gasteiger partial charge in [-0.05, 0) is 198 Å². The highest BCUT2D eigenvalue weighted by molar-refractivity contribution is 7.24. The predicted molar refractivity (Wildman–Crippen MR) is 350 cm³/mol. The van der Waals surface area contributed by atoms with Gasteiger partial charge in [-0.25, -0.2) is 0 Å². The van der Waals surface area contributed by atoms with Gasteiger partial charge in [-0.3, -0.25) is 0 Å². The fourth-order valence-electron chi connectivity index (χ4n) is 15.1. The van der Waals surface area contributed by atoms with E-state index >= 15 is 0 Å². The molecule has 0 nitrogen and oxygen atoms in total. The van der Waals surface area contributed by atoms with Crippen molar-refractivity contribution in [2.24, 2.45) is 0 Å². The van der Waals surface area contributed by atoms with Gasteiger partial charge in [0.15, 0.2) is 8.07 Å². The van der Waals surface area contributed by atoms with Crippen molar-refractivity contribution in [3.63, 3.8) is 0 Å². The van der Waals surface area contributed by atoms with Crippen LogP contribution in [-0.2, 0) is 0 Å². The van der Waals surface area contributed by atoms with Crippen molar-refractivity contribution in [3.8, 4) is 66.8 Å². The Hall–Kier alpha value is -10.2. The smallest absolute Gasteiger partial charge is 0.0616 e. The first-order chi connectivity index (χ1) is 40.2. The molecule has 2 aliphatic heterocycles. The second-order valence-corrected chi connectivity index (χ2v) is 26.2. The van der Waals surface area contributed by atoms with E-state index in [-0.39, 0.29) is 0 Å². The van der Waals surface area contributed by atoms with Gasteiger partial charge in [0.2, 0.25) is 0 Å². The molecular weight excluding hydrogens is 989 g/mol. The molecule has 372 valence electrons. The van der Waals surface area contributed by atoms with E-state index in [1.54, 1.807) is 0 Å². The summed E-state index contributed by atoms with van der Waals surface area (Å²) in [5, 5.41) is 26.2. The normalized spacial score (nSPS) is 13.0. The van der Waals surface area contributed by atoms with Crippen LogP contribution < -0.4 is 20.7 Å². The summed E-state index contributed by atoms with van der Waals surface area (Å²) >= 11 is 0. The molecule has 2 aliphatic rings. The number of benzene rings is 16. The van der Waals surface area contributed by atoms with Gasteiger partial charge >= 0.3 is 0 Å². The molecule has 0 saturated carbocycles. The maximum Gasteiger partial charge on any atom is 0.182 e. The molecule has 0 unspecified atom stereocenters. The monoisotopic (exact) mass is 1040 g/mol. The van der Waals surface area contributed by atoms with Gasteiger partial charge in [-0.1, -0.05) is 267 Å². The molecule has 1 heteroatoms. The Labute approximate surface area is 470 Å². The second-order valence-electron chi connectivity index (χ2n) is 22.6. The number of fused-ring (bicyclic) bond motifs is 22. The molecule has 2 heterocycles. The first-order valence-electron chi connectivity index (χ1n) is 28.4. The van der Waals surface area contributed by atoms with Crippen LogP contribution in [0.2, 0.25) is 0 Å². The Kier molecular flexibility index (Phi) is 9.35. The van der Waals surface area contributed by atoms with Crippen LogP contribution >= 0.6 is 0 Å². The lowest BCUT2D eigenvalue weighted by Gasteiger charge is -2.29. The van der Waals surface area contributed by atoms with Gasteiger partial charge in [-0.15, -0.1) is 0 Å². The largest absolute Gasteiger partial charge is 0.182 e. The zero-order valence-electron chi connectivity index (χ0n) is 44.2. The molecule has 0 bridgehead atoms. The fourth-order valence-corrected chi connectivity index (χ4v) is 20.8. The summed E-state index contributed by atoms with van der Waals surface area (Å²) in [6.45, 7) is 0. The van der Waals surface area contributed by atoms with Crippen molar-refractivity contribution in [1.29, 1.82) is 0 Å². The summed E-state index contributed by atoms with van der Waals surface area (Å²) < 4.78 is 0. The highest BCUT2D eigenvalue weighted by Crippen LogP contribution is 2.45. The van der Waals surface area contributed by atoms with E-state index in [2.05, 4.69) is 291 Å². The molecule has 0 atom stereocenters. The minimum absolute atomic E-state index is 1.25. The topological polar surface area (TPSA) is 0 Å². The van der Waals surface area contributed by atoms with Crippen LogP contribution in [0.15, 0.2) is 291 Å². The average molecular weight is 1040 g/mol. The van der Waals surface area contributed by atoms with Crippen molar-refractivity contribution in [3.05, 3.63) is 291 Å². The van der Waals surface area contributed by atoms with Crippen LogP contribution in [0.25, 0.3) is 153 Å². The third-order valence-electron chi connectivity index (χ3n) is 18.6. The minimum Gasteiger partial charge on any atom is -0.0616 e. The van der Waals surface area contributed by atoms with Gasteiger partial charge in [0.25, 0.3) is 0 Å². The van der Waals surface area contributed by atoms with E-state index in [9.17, 15) is 0 Å². The molecule has 0 radical (unpaired) electrons. The van der Waals surface area contributed by atoms with Crippen molar-refractivity contribution >= 4 is 115 Å². The molecular formula is C80H48Si. The van der Waals surface area contributed by atoms with Crippen LogP contribution in [-0.4, -0.2) is 8.07 Å². The van der Waals surface area contributed by atoms with Crippen molar-refractivity contribution < 1.29 is 0 Å². The third-order valence-corrected chi connectivity index (χ3v) is 23.5. The first-order valence-corrected chi connectivity index (χ1v) is 30.4. The van der Waals surface area contributed by atoms with Gasteiger partial charge < -0.3 is 0 Å². The SMILES string of the molecule is c1ccc2c(c1)cc(-c1ccc3c(c1)[Si]1(c4cc(-c5cc6ccccc6c6ccccc56)ccc4-3)c3cc(-c4cc5ccccc5c5ccccc45)ccc3-c3ccc(-c4cc5ccccc5c5ccccc45)cc31)c1ccccc12. The highest BCUT2D eigenvalue weighted by atomic mass is 28.3. The Morgan fingerprint density at radius 3 is 0.580 bits per heavy atom. The third kappa shape index (κ3) is 6.30. The Morgan fingerprint density at radius 2 is 0.346 bits per heavy atom. The van der Waals surface area contributed by atoms with Crippen LogP contribution in [0, 0.1) is 0 Å². The Bertz CT molecular complexity index is 4750. The lowest BCUT2D eigenvalue weighted by molar-refractivity contribution is 1.66. The van der Waals surface area contributed by atoms with Gasteiger partial charge in [0.1, 0.15) is 0 Å². The minimum atomic E-state index is -3.29. The van der Waals surface area contributed by atoms with Crippen molar-refractivity contribution in [2.75, 3.05) is 0 Å². The molecule has 18 rings (SSSR count). The summed E-state index contributed by atoms with van der Waals surface area (Å²) in [4.78, 5) is 0. The molecule has 0 aliphatic carbocycles. The van der Waals surface area contributed by atoms with Crippen LogP contribution in [0.4, 0.5) is 0 Å². The van der Waals surface area contributed by atoms with Gasteiger partial charge in [0.05, 0.1) is 0 Å². The van der Waals surface area contributed by atoms with E-state index < -0.39 is 8.07 Å². The molecule has 0 N–H and O–H groups in total. The number of hydrogen-bond acceptors (Lipinski definition) is 0. The summed E-state index contributed by atoms with van der Waals surface area (Å²) in [6, 6.07) is 112. The number of rotatable bonds is 4. The van der Waals surface area contributed by atoms with E-state index in [1.165, 1.54) is 174 Å². The summed E-state index contributed by atoms with van der Waals surface area (Å²) in [5.74, 6) is 0. The Morgan fingerprint density at radius 1 is 0.148 bits per heavy atom. The summed E-state index contributed by atoms with van der Waals surface area (Å²) in [5.41, 5.74) is 15.4. The molecule has 0 amide bonds. The molecule has 0 saturated heterocycles. The molecule has 81 heavy (non-hydrogen) atoms. The van der Waals surface area contributed by atoms with Crippen LogP contribution in [0.5, 0.6) is 0 Å². The molecule has 16 aromatic rings. The summed E-state index contributed by atoms with van der Waals surface area (Å²) in [6.07, 6.45) is 0. The zero-order valence-corrected chi connectivity index (χ0v) is 45.2. The van der Waals surface area contributed by atoms with E-state index in [0.717, 1.165) is 0 Å². The van der Waals surface area contributed by atoms with Crippen molar-refractivity contribution in [2.45, 2.75) is 0 Å². The first kappa shape index (κ1) is 44.8. The molecule has 0 aromatic heterocycles. The molecule has 0 fully saturated rings. The second kappa shape index (κ2) is 16.9. The van der Waals surface area contributed by atoms with E-state index in [4.69, 9.17) is 0 Å². The van der Waals surface area contributed by atoms with Crippen molar-refractivity contribution in [1.82, 2.24) is 0 Å². The summed E-state index contributed by atoms with van der Waals surface area (Å²) in [7, 11) is -3.29. The maximum atomic E-state index is 2.65. The lowest BCUT2D eigenvalue weighted by atomic mass is 9.91. The van der Waals surface area contributed by atoms with Gasteiger partial charge in [-0.2, -0.15) is 0 Å². The average Bonchev–Trinajstić information content (AvgIpc) is 2.06. The lowest BCUT2D eigenvalue weighted by Crippen LogP contribution is -2.70. The van der Waals surface area contributed by atoms with Gasteiger partial charge in [0, 0.05) is 0 Å². The standard InChI is InChI=1S/C80H48Si/c1-5-21-57-49(17-1)41-73(65-29-13-9-25-61(57)65)53-33-37-69-70-38-34-54(74-42-50-18-2-6-22-58(50)62-26-10-14-30-66(62)74)46-78(70)81(77(69)45-53)79-47-55(75-43-51-19-3-7-23-59(51)63-27-11-15-31-67(63)75)35-39-71(79)72-40-36-56(48-80(72)81)76-44-52-20-4-8-24-60(52)64-28-12-16-32-68(64)76/h1-48H. The van der Waals surface area contributed by atoms with Crippen LogP contribution in [0.1, 0.15) is 0 Å². The quantitative estimate of drug-likeness (QED) is 0.122. The van der Waals surface area contributed by atoms with Crippen LogP contribution in [0.3, 0.4) is 0 Å². The maximum absolute atomic E-state index is 3.29. The molecule has 1 spiro atoms.